The first kappa shape index (κ1) is 19.7. The average Bonchev–Trinajstić information content (AvgIpc) is 2.65. The number of benzene rings is 1. The van der Waals surface area contributed by atoms with Crippen molar-refractivity contribution >= 4 is 15.9 Å². The van der Waals surface area contributed by atoms with Gasteiger partial charge in [0.15, 0.2) is 11.5 Å². The van der Waals surface area contributed by atoms with E-state index in [1.54, 1.807) is 24.4 Å². The summed E-state index contributed by atoms with van der Waals surface area (Å²) in [6.45, 7) is 1.67. The lowest BCUT2D eigenvalue weighted by Gasteiger charge is -2.15. The van der Waals surface area contributed by atoms with Crippen LogP contribution in [0, 0.1) is 0 Å². The number of ether oxygens (including phenoxy) is 2. The molecule has 9 heteroatoms. The van der Waals surface area contributed by atoms with E-state index in [2.05, 4.69) is 15.0 Å². The summed E-state index contributed by atoms with van der Waals surface area (Å²) in [5, 5.41) is 2.64. The Kier molecular flexibility index (Phi) is 6.53. The molecule has 2 rings (SSSR count). The molecule has 0 fully saturated rings. The highest BCUT2D eigenvalue weighted by Crippen LogP contribution is 2.29. The summed E-state index contributed by atoms with van der Waals surface area (Å²) >= 11 is 0. The van der Waals surface area contributed by atoms with E-state index in [9.17, 15) is 13.2 Å². The molecular formula is C17H21N3O5S. The molecule has 1 amide bonds. The lowest BCUT2D eigenvalue weighted by Crippen LogP contribution is -2.44. The number of rotatable bonds is 8. The Morgan fingerprint density at radius 3 is 2.50 bits per heavy atom. The largest absolute Gasteiger partial charge is 0.493 e. The second kappa shape index (κ2) is 8.63. The van der Waals surface area contributed by atoms with Crippen LogP contribution in [0.3, 0.4) is 0 Å². The van der Waals surface area contributed by atoms with Gasteiger partial charge in [0.1, 0.15) is 0 Å². The number of carbonyl (C=O) groups excluding carboxylic acids is 1. The zero-order chi connectivity index (χ0) is 19.2. The zero-order valence-corrected chi connectivity index (χ0v) is 15.5. The lowest BCUT2D eigenvalue weighted by atomic mass is 10.3. The van der Waals surface area contributed by atoms with E-state index in [4.69, 9.17) is 9.47 Å². The van der Waals surface area contributed by atoms with E-state index < -0.39 is 22.0 Å². The molecule has 0 radical (unpaired) electrons. The Morgan fingerprint density at radius 1 is 1.15 bits per heavy atom. The van der Waals surface area contributed by atoms with Crippen LogP contribution in [0.5, 0.6) is 11.5 Å². The minimum Gasteiger partial charge on any atom is -0.493 e. The highest BCUT2D eigenvalue weighted by atomic mass is 32.2. The molecule has 1 aromatic heterocycles. The predicted octanol–water partition coefficient (Wildman–Crippen LogP) is 1.08. The zero-order valence-electron chi connectivity index (χ0n) is 14.7. The van der Waals surface area contributed by atoms with Gasteiger partial charge in [-0.1, -0.05) is 6.07 Å². The van der Waals surface area contributed by atoms with Crippen molar-refractivity contribution in [2.24, 2.45) is 0 Å². The molecule has 0 bridgehead atoms. The van der Waals surface area contributed by atoms with Gasteiger partial charge >= 0.3 is 0 Å². The summed E-state index contributed by atoms with van der Waals surface area (Å²) in [5.74, 6) is 0.231. The molecule has 0 aliphatic carbocycles. The van der Waals surface area contributed by atoms with E-state index in [0.29, 0.717) is 11.4 Å². The fourth-order valence-electron chi connectivity index (χ4n) is 2.17. The van der Waals surface area contributed by atoms with Gasteiger partial charge in [-0.3, -0.25) is 9.78 Å². The number of nitrogens with one attached hydrogen (secondary N) is 2. The van der Waals surface area contributed by atoms with Crippen LogP contribution in [-0.4, -0.2) is 39.6 Å². The summed E-state index contributed by atoms with van der Waals surface area (Å²) in [5.41, 5.74) is 0.677. The molecule has 1 heterocycles. The number of carbonyl (C=O) groups is 1. The molecule has 0 aliphatic heterocycles. The number of nitrogens with zero attached hydrogens (tertiary/aromatic N) is 1. The Labute approximate surface area is 152 Å². The highest BCUT2D eigenvalue weighted by Gasteiger charge is 2.23. The molecule has 1 aromatic carbocycles. The van der Waals surface area contributed by atoms with Crippen molar-refractivity contribution in [1.82, 2.24) is 15.0 Å². The van der Waals surface area contributed by atoms with Crippen molar-refractivity contribution in [3.63, 3.8) is 0 Å². The minimum absolute atomic E-state index is 0.0282. The topological polar surface area (TPSA) is 107 Å². The second-order valence-electron chi connectivity index (χ2n) is 5.40. The quantitative estimate of drug-likeness (QED) is 0.711. The third kappa shape index (κ3) is 4.93. The molecule has 0 saturated carbocycles. The standard InChI is InChI=1S/C17H21N3O5S/c1-12(17(21)19-11-13-6-4-5-9-18-13)20-26(22,23)14-7-8-15(24-2)16(10-14)25-3/h4-10,12,20H,11H2,1-3H3,(H,19,21)/t12-/m0/s1. The van der Waals surface area contributed by atoms with Gasteiger partial charge in [-0.25, -0.2) is 8.42 Å². The number of pyridine rings is 1. The van der Waals surface area contributed by atoms with E-state index in [1.807, 2.05) is 0 Å². The minimum atomic E-state index is -3.91. The first-order valence-corrected chi connectivity index (χ1v) is 9.27. The summed E-state index contributed by atoms with van der Waals surface area (Å²) in [6.07, 6.45) is 1.62. The van der Waals surface area contributed by atoms with E-state index in [0.717, 1.165) is 0 Å². The smallest absolute Gasteiger partial charge is 0.241 e. The molecule has 2 aromatic rings. The monoisotopic (exact) mass is 379 g/mol. The number of methoxy groups -OCH3 is 2. The predicted molar refractivity (Wildman–Crippen MR) is 95.4 cm³/mol. The Morgan fingerprint density at radius 2 is 1.88 bits per heavy atom. The van der Waals surface area contributed by atoms with Gasteiger partial charge in [-0.05, 0) is 31.2 Å². The maximum absolute atomic E-state index is 12.5. The number of aromatic nitrogens is 1. The second-order valence-corrected chi connectivity index (χ2v) is 7.11. The van der Waals surface area contributed by atoms with Crippen LogP contribution in [0.15, 0.2) is 47.5 Å². The number of hydrogen-bond donors (Lipinski definition) is 2. The molecule has 0 spiro atoms. The first-order valence-electron chi connectivity index (χ1n) is 7.79. The molecule has 8 nitrogen and oxygen atoms in total. The van der Waals surface area contributed by atoms with Crippen molar-refractivity contribution in [3.8, 4) is 11.5 Å². The molecule has 2 N–H and O–H groups in total. The van der Waals surface area contributed by atoms with E-state index in [-0.39, 0.29) is 17.2 Å². The normalized spacial score (nSPS) is 12.3. The van der Waals surface area contributed by atoms with E-state index in [1.165, 1.54) is 39.3 Å². The van der Waals surface area contributed by atoms with Gasteiger partial charge in [0.25, 0.3) is 0 Å². The Hall–Kier alpha value is -2.65. The van der Waals surface area contributed by atoms with Gasteiger partial charge in [-0.15, -0.1) is 0 Å². The Bertz CT molecular complexity index is 856. The molecule has 0 aliphatic rings. The highest BCUT2D eigenvalue weighted by molar-refractivity contribution is 7.89. The fourth-order valence-corrected chi connectivity index (χ4v) is 3.39. The molecule has 1 atom stereocenters. The SMILES string of the molecule is COc1ccc(S(=O)(=O)N[C@@H](C)C(=O)NCc2ccccn2)cc1OC. The van der Waals surface area contributed by atoms with Gasteiger partial charge in [0.05, 0.1) is 37.4 Å². The summed E-state index contributed by atoms with van der Waals surface area (Å²) in [4.78, 5) is 16.2. The van der Waals surface area contributed by atoms with Crippen LogP contribution >= 0.6 is 0 Å². The molecular weight excluding hydrogens is 358 g/mol. The van der Waals surface area contributed by atoms with Crippen LogP contribution in [-0.2, 0) is 21.4 Å². The third-order valence-corrected chi connectivity index (χ3v) is 5.10. The number of hydrogen-bond acceptors (Lipinski definition) is 6. The Balaban J connectivity index is 2.04. The van der Waals surface area contributed by atoms with Crippen LogP contribution in [0.2, 0.25) is 0 Å². The van der Waals surface area contributed by atoms with Gasteiger partial charge in [0.2, 0.25) is 15.9 Å². The van der Waals surface area contributed by atoms with Crippen LogP contribution in [0.4, 0.5) is 0 Å². The summed E-state index contributed by atoms with van der Waals surface area (Å²) in [7, 11) is -1.04. The average molecular weight is 379 g/mol. The summed E-state index contributed by atoms with van der Waals surface area (Å²) in [6, 6.07) is 8.57. The van der Waals surface area contributed by atoms with Crippen molar-refractivity contribution in [3.05, 3.63) is 48.3 Å². The fraction of sp³-hybridized carbons (Fsp3) is 0.294. The summed E-state index contributed by atoms with van der Waals surface area (Å²) < 4.78 is 37.5. The van der Waals surface area contributed by atoms with Crippen LogP contribution < -0.4 is 19.5 Å². The van der Waals surface area contributed by atoms with Crippen molar-refractivity contribution in [2.45, 2.75) is 24.4 Å². The molecule has 0 unspecified atom stereocenters. The number of sulfonamides is 1. The molecule has 26 heavy (non-hydrogen) atoms. The third-order valence-electron chi connectivity index (χ3n) is 3.56. The molecule has 140 valence electrons. The van der Waals surface area contributed by atoms with Crippen molar-refractivity contribution in [1.29, 1.82) is 0 Å². The van der Waals surface area contributed by atoms with Gasteiger partial charge in [0, 0.05) is 12.3 Å². The van der Waals surface area contributed by atoms with Crippen LogP contribution in [0.1, 0.15) is 12.6 Å². The van der Waals surface area contributed by atoms with Gasteiger partial charge < -0.3 is 14.8 Å². The van der Waals surface area contributed by atoms with E-state index >= 15 is 0 Å². The van der Waals surface area contributed by atoms with Crippen LogP contribution in [0.25, 0.3) is 0 Å². The number of amides is 1. The maximum atomic E-state index is 12.5. The van der Waals surface area contributed by atoms with Crippen molar-refractivity contribution < 1.29 is 22.7 Å². The maximum Gasteiger partial charge on any atom is 0.241 e. The first-order chi connectivity index (χ1) is 12.4. The molecule has 0 saturated heterocycles. The van der Waals surface area contributed by atoms with Gasteiger partial charge in [-0.2, -0.15) is 4.72 Å². The lowest BCUT2D eigenvalue weighted by molar-refractivity contribution is -0.122. The van der Waals surface area contributed by atoms with Crippen molar-refractivity contribution in [2.75, 3.05) is 14.2 Å².